The van der Waals surface area contributed by atoms with E-state index in [0.29, 0.717) is 19.0 Å². The SMILES string of the molecule is CCCCc1ccc(C2CCN(S(=O)(=O)CC(=O)O)CC2)s1. The second-order valence-electron chi connectivity index (χ2n) is 5.73. The number of piperidine rings is 1. The van der Waals surface area contributed by atoms with Crippen LogP contribution in [0.5, 0.6) is 0 Å². The number of hydrogen-bond acceptors (Lipinski definition) is 4. The standard InChI is InChI=1S/C15H23NO4S2/c1-2-3-4-13-5-6-14(21-13)12-7-9-16(10-8-12)22(19,20)11-15(17)18/h5-6,12H,2-4,7-11H2,1H3,(H,17,18). The summed E-state index contributed by atoms with van der Waals surface area (Å²) in [5.74, 6) is -1.70. The fraction of sp³-hybridized carbons (Fsp3) is 0.667. The van der Waals surface area contributed by atoms with Crippen LogP contribution in [0.3, 0.4) is 0 Å². The van der Waals surface area contributed by atoms with Crippen molar-refractivity contribution in [3.8, 4) is 0 Å². The summed E-state index contributed by atoms with van der Waals surface area (Å²) < 4.78 is 25.1. The summed E-state index contributed by atoms with van der Waals surface area (Å²) in [6.45, 7) is 3.02. The normalized spacial score (nSPS) is 17.7. The smallest absolute Gasteiger partial charge is 0.320 e. The van der Waals surface area contributed by atoms with Gasteiger partial charge in [-0.05, 0) is 43.7 Å². The number of aliphatic carboxylic acids is 1. The van der Waals surface area contributed by atoms with E-state index in [1.54, 1.807) is 0 Å². The lowest BCUT2D eigenvalue weighted by atomic mass is 9.96. The lowest BCUT2D eigenvalue weighted by Crippen LogP contribution is -2.40. The molecule has 124 valence electrons. The van der Waals surface area contributed by atoms with E-state index in [1.165, 1.54) is 26.9 Å². The van der Waals surface area contributed by atoms with Gasteiger partial charge in [-0.1, -0.05) is 13.3 Å². The van der Waals surface area contributed by atoms with E-state index >= 15 is 0 Å². The molecule has 22 heavy (non-hydrogen) atoms. The number of rotatable bonds is 7. The highest BCUT2D eigenvalue weighted by atomic mass is 32.2. The Morgan fingerprint density at radius 3 is 2.64 bits per heavy atom. The monoisotopic (exact) mass is 345 g/mol. The first-order valence-electron chi connectivity index (χ1n) is 7.70. The summed E-state index contributed by atoms with van der Waals surface area (Å²) in [7, 11) is -3.66. The molecule has 1 N–H and O–H groups in total. The first kappa shape index (κ1) is 17.4. The molecule has 0 bridgehead atoms. The maximum Gasteiger partial charge on any atom is 0.320 e. The summed E-state index contributed by atoms with van der Waals surface area (Å²) in [4.78, 5) is 13.4. The fourth-order valence-corrected chi connectivity index (χ4v) is 5.25. The molecule has 1 aliphatic heterocycles. The zero-order chi connectivity index (χ0) is 16.2. The quantitative estimate of drug-likeness (QED) is 0.824. The first-order chi connectivity index (χ1) is 10.4. The van der Waals surface area contributed by atoms with Gasteiger partial charge < -0.3 is 5.11 Å². The molecule has 0 radical (unpaired) electrons. The zero-order valence-electron chi connectivity index (χ0n) is 12.8. The van der Waals surface area contributed by atoms with Crippen molar-refractivity contribution in [2.75, 3.05) is 18.8 Å². The maximum absolute atomic E-state index is 11.9. The van der Waals surface area contributed by atoms with Crippen LogP contribution in [0, 0.1) is 0 Å². The minimum Gasteiger partial charge on any atom is -0.480 e. The van der Waals surface area contributed by atoms with E-state index in [1.807, 2.05) is 11.3 Å². The predicted octanol–water partition coefficient (Wildman–Crippen LogP) is 2.68. The van der Waals surface area contributed by atoms with Crippen molar-refractivity contribution in [1.82, 2.24) is 4.31 Å². The number of nitrogens with zero attached hydrogens (tertiary/aromatic N) is 1. The van der Waals surface area contributed by atoms with Gasteiger partial charge in [0.1, 0.15) is 0 Å². The van der Waals surface area contributed by atoms with Crippen molar-refractivity contribution in [2.45, 2.75) is 44.9 Å². The minimum atomic E-state index is -3.66. The highest BCUT2D eigenvalue weighted by Gasteiger charge is 2.30. The Hall–Kier alpha value is -0.920. The molecule has 1 aliphatic rings. The third-order valence-electron chi connectivity index (χ3n) is 4.01. The van der Waals surface area contributed by atoms with Crippen LogP contribution in [0.4, 0.5) is 0 Å². The van der Waals surface area contributed by atoms with E-state index in [-0.39, 0.29) is 0 Å². The minimum absolute atomic E-state index is 0.400. The van der Waals surface area contributed by atoms with Crippen LogP contribution in [0.2, 0.25) is 0 Å². The molecule has 2 rings (SSSR count). The second-order valence-corrected chi connectivity index (χ2v) is 8.90. The highest BCUT2D eigenvalue weighted by molar-refractivity contribution is 7.89. The Morgan fingerprint density at radius 1 is 1.36 bits per heavy atom. The number of carbonyl (C=O) groups is 1. The summed E-state index contributed by atoms with van der Waals surface area (Å²) >= 11 is 1.84. The summed E-state index contributed by atoms with van der Waals surface area (Å²) in [5.41, 5.74) is 0. The van der Waals surface area contributed by atoms with Gasteiger partial charge in [0.2, 0.25) is 10.0 Å². The Kier molecular flexibility index (Phi) is 6.00. The molecule has 1 fully saturated rings. The first-order valence-corrected chi connectivity index (χ1v) is 10.1. The summed E-state index contributed by atoms with van der Waals surface area (Å²) in [6, 6.07) is 4.35. The molecule has 5 nitrogen and oxygen atoms in total. The zero-order valence-corrected chi connectivity index (χ0v) is 14.5. The van der Waals surface area contributed by atoms with Gasteiger partial charge in [-0.3, -0.25) is 4.79 Å². The third-order valence-corrected chi connectivity index (χ3v) is 7.09. The lowest BCUT2D eigenvalue weighted by molar-refractivity contribution is -0.134. The number of hydrogen-bond donors (Lipinski definition) is 1. The third kappa shape index (κ3) is 4.54. The molecule has 0 unspecified atom stereocenters. The Labute approximate surface area is 136 Å². The number of sulfonamides is 1. The molecule has 1 aromatic heterocycles. The number of carboxylic acid groups (broad SMARTS) is 1. The van der Waals surface area contributed by atoms with Crippen molar-refractivity contribution in [2.24, 2.45) is 0 Å². The van der Waals surface area contributed by atoms with Gasteiger partial charge in [0, 0.05) is 22.8 Å². The van der Waals surface area contributed by atoms with Gasteiger partial charge in [0.25, 0.3) is 0 Å². The summed E-state index contributed by atoms with van der Waals surface area (Å²) in [5, 5.41) is 8.68. The molecule has 0 amide bonds. The van der Waals surface area contributed by atoms with E-state index < -0.39 is 21.7 Å². The molecule has 1 saturated heterocycles. The largest absolute Gasteiger partial charge is 0.480 e. The molecule has 0 saturated carbocycles. The molecule has 7 heteroatoms. The van der Waals surface area contributed by atoms with E-state index in [9.17, 15) is 13.2 Å². The van der Waals surface area contributed by atoms with Crippen LogP contribution in [0.1, 0.15) is 48.3 Å². The average molecular weight is 345 g/mol. The number of aryl methyl sites for hydroxylation is 1. The van der Waals surface area contributed by atoms with Crippen LogP contribution >= 0.6 is 11.3 Å². The molecular formula is C15H23NO4S2. The molecule has 2 heterocycles. The maximum atomic E-state index is 11.9. The van der Waals surface area contributed by atoms with Crippen LogP contribution in [0.25, 0.3) is 0 Å². The fourth-order valence-electron chi connectivity index (χ4n) is 2.77. The van der Waals surface area contributed by atoms with Crippen LogP contribution in [-0.4, -0.2) is 42.6 Å². The van der Waals surface area contributed by atoms with E-state index in [2.05, 4.69) is 19.1 Å². The molecule has 0 atom stereocenters. The van der Waals surface area contributed by atoms with Crippen molar-refractivity contribution in [3.63, 3.8) is 0 Å². The van der Waals surface area contributed by atoms with Gasteiger partial charge in [-0.25, -0.2) is 12.7 Å². The topological polar surface area (TPSA) is 74.7 Å². The van der Waals surface area contributed by atoms with Gasteiger partial charge in [-0.2, -0.15) is 0 Å². The van der Waals surface area contributed by atoms with Gasteiger partial charge in [0.05, 0.1) is 0 Å². The van der Waals surface area contributed by atoms with Crippen molar-refractivity contribution < 1.29 is 18.3 Å². The molecule has 1 aromatic rings. The number of unbranched alkanes of at least 4 members (excludes halogenated alkanes) is 1. The van der Waals surface area contributed by atoms with Gasteiger partial charge in [0.15, 0.2) is 5.75 Å². The van der Waals surface area contributed by atoms with E-state index in [0.717, 1.165) is 19.3 Å². The predicted molar refractivity (Wildman–Crippen MR) is 87.9 cm³/mol. The molecule has 0 aliphatic carbocycles. The van der Waals surface area contributed by atoms with E-state index in [4.69, 9.17) is 5.11 Å². The van der Waals surface area contributed by atoms with Crippen LogP contribution in [0.15, 0.2) is 12.1 Å². The van der Waals surface area contributed by atoms with Crippen molar-refractivity contribution >= 4 is 27.3 Å². The Morgan fingerprint density at radius 2 is 2.05 bits per heavy atom. The van der Waals surface area contributed by atoms with Gasteiger partial charge >= 0.3 is 5.97 Å². The second kappa shape index (κ2) is 7.57. The average Bonchev–Trinajstić information content (AvgIpc) is 2.93. The van der Waals surface area contributed by atoms with Crippen molar-refractivity contribution in [3.05, 3.63) is 21.9 Å². The number of carboxylic acids is 1. The van der Waals surface area contributed by atoms with Crippen LogP contribution in [-0.2, 0) is 21.2 Å². The summed E-state index contributed by atoms with van der Waals surface area (Å²) in [6.07, 6.45) is 5.05. The van der Waals surface area contributed by atoms with Crippen molar-refractivity contribution in [1.29, 1.82) is 0 Å². The van der Waals surface area contributed by atoms with Crippen LogP contribution < -0.4 is 0 Å². The number of thiophene rings is 1. The molecule has 0 spiro atoms. The highest BCUT2D eigenvalue weighted by Crippen LogP contribution is 2.34. The lowest BCUT2D eigenvalue weighted by Gasteiger charge is -2.30. The Balaban J connectivity index is 1.92. The Bertz CT molecular complexity index is 601. The molecular weight excluding hydrogens is 322 g/mol. The van der Waals surface area contributed by atoms with Gasteiger partial charge in [-0.15, -0.1) is 11.3 Å². The molecule has 0 aromatic carbocycles.